The summed E-state index contributed by atoms with van der Waals surface area (Å²) in [6.07, 6.45) is 0.441. The van der Waals surface area contributed by atoms with E-state index in [1.54, 1.807) is 7.05 Å². The number of aliphatic carboxylic acids is 1. The maximum absolute atomic E-state index is 11.7. The van der Waals surface area contributed by atoms with Crippen molar-refractivity contribution in [3.05, 3.63) is 0 Å². The fourth-order valence-corrected chi connectivity index (χ4v) is 1.58. The summed E-state index contributed by atoms with van der Waals surface area (Å²) in [5.41, 5.74) is 0. The van der Waals surface area contributed by atoms with Gasteiger partial charge in [-0.15, -0.1) is 0 Å². The van der Waals surface area contributed by atoms with Crippen LogP contribution in [0.1, 0.15) is 34.1 Å². The zero-order valence-electron chi connectivity index (χ0n) is 11.4. The molecule has 0 fully saturated rings. The third-order valence-corrected chi connectivity index (χ3v) is 2.29. The van der Waals surface area contributed by atoms with Gasteiger partial charge in [-0.2, -0.15) is 0 Å². The number of carbonyl (C=O) groups is 2. The monoisotopic (exact) mass is 244 g/mol. The molecule has 0 heterocycles. The average Bonchev–Trinajstić information content (AvgIpc) is 2.14. The fourth-order valence-electron chi connectivity index (χ4n) is 1.58. The van der Waals surface area contributed by atoms with Crippen LogP contribution in [0, 0.1) is 11.8 Å². The predicted molar refractivity (Wildman–Crippen MR) is 66.9 cm³/mol. The summed E-state index contributed by atoms with van der Waals surface area (Å²) in [5, 5.41) is 11.5. The molecule has 0 saturated heterocycles. The molecule has 0 aromatic carbocycles. The van der Waals surface area contributed by atoms with Crippen LogP contribution in [0.15, 0.2) is 0 Å². The highest BCUT2D eigenvalue weighted by molar-refractivity contribution is 5.82. The van der Waals surface area contributed by atoms with Crippen LogP contribution in [0.25, 0.3) is 0 Å². The second-order valence-corrected chi connectivity index (χ2v) is 5.24. The number of hydrogen-bond donors (Lipinski definition) is 2. The zero-order valence-corrected chi connectivity index (χ0v) is 11.4. The van der Waals surface area contributed by atoms with Crippen molar-refractivity contribution in [1.82, 2.24) is 10.2 Å². The minimum atomic E-state index is -0.981. The molecular weight excluding hydrogens is 220 g/mol. The second kappa shape index (κ2) is 7.14. The van der Waals surface area contributed by atoms with Crippen LogP contribution in [0.5, 0.6) is 0 Å². The number of carboxylic acid groups (broad SMARTS) is 1. The lowest BCUT2D eigenvalue weighted by atomic mass is 10.0. The van der Waals surface area contributed by atoms with Gasteiger partial charge in [0.15, 0.2) is 0 Å². The van der Waals surface area contributed by atoms with Crippen molar-refractivity contribution in [3.8, 4) is 0 Å². The van der Waals surface area contributed by atoms with Gasteiger partial charge in [0.1, 0.15) is 6.04 Å². The highest BCUT2D eigenvalue weighted by Gasteiger charge is 2.22. The summed E-state index contributed by atoms with van der Waals surface area (Å²) in [7, 11) is 1.67. The smallest absolute Gasteiger partial charge is 0.326 e. The lowest BCUT2D eigenvalue weighted by Crippen LogP contribution is -2.47. The molecule has 0 bridgehead atoms. The van der Waals surface area contributed by atoms with Gasteiger partial charge >= 0.3 is 12.0 Å². The molecule has 0 radical (unpaired) electrons. The topological polar surface area (TPSA) is 69.6 Å². The van der Waals surface area contributed by atoms with Gasteiger partial charge in [0.25, 0.3) is 0 Å². The molecule has 0 aromatic rings. The molecule has 17 heavy (non-hydrogen) atoms. The van der Waals surface area contributed by atoms with Crippen LogP contribution in [0.2, 0.25) is 0 Å². The van der Waals surface area contributed by atoms with Crippen LogP contribution in [-0.2, 0) is 4.79 Å². The van der Waals surface area contributed by atoms with E-state index in [0.717, 1.165) is 0 Å². The zero-order chi connectivity index (χ0) is 13.6. The van der Waals surface area contributed by atoms with E-state index in [4.69, 9.17) is 5.11 Å². The molecule has 2 amide bonds. The minimum absolute atomic E-state index is 0.229. The first kappa shape index (κ1) is 15.7. The van der Waals surface area contributed by atoms with E-state index in [1.807, 2.05) is 27.7 Å². The molecule has 0 spiro atoms. The third kappa shape index (κ3) is 6.81. The van der Waals surface area contributed by atoms with Gasteiger partial charge in [-0.05, 0) is 18.3 Å². The van der Waals surface area contributed by atoms with Gasteiger partial charge in [0.05, 0.1) is 0 Å². The fraction of sp³-hybridized carbons (Fsp3) is 0.833. The largest absolute Gasteiger partial charge is 0.480 e. The second-order valence-electron chi connectivity index (χ2n) is 5.24. The Morgan fingerprint density at radius 1 is 1.18 bits per heavy atom. The standard InChI is InChI=1S/C12H24N2O3/c1-8(2)6-10(11(15)16)13-12(17)14(5)7-9(3)4/h8-10H,6-7H2,1-5H3,(H,13,17)(H,15,16)/t10-/m0/s1. The van der Waals surface area contributed by atoms with Crippen molar-refractivity contribution in [2.45, 2.75) is 40.2 Å². The Balaban J connectivity index is 4.35. The SMILES string of the molecule is CC(C)C[C@H](NC(=O)N(C)CC(C)C)C(=O)O. The summed E-state index contributed by atoms with van der Waals surface area (Å²) in [4.78, 5) is 24.2. The molecule has 0 saturated carbocycles. The molecule has 0 aliphatic heterocycles. The molecule has 0 aliphatic carbocycles. The Labute approximate surface area is 103 Å². The van der Waals surface area contributed by atoms with Crippen molar-refractivity contribution >= 4 is 12.0 Å². The number of hydrogen-bond acceptors (Lipinski definition) is 2. The van der Waals surface area contributed by atoms with Crippen LogP contribution in [-0.4, -0.2) is 41.6 Å². The molecule has 0 rings (SSSR count). The Kier molecular flexibility index (Phi) is 6.61. The maximum atomic E-state index is 11.7. The van der Waals surface area contributed by atoms with Crippen molar-refractivity contribution in [1.29, 1.82) is 0 Å². The summed E-state index contributed by atoms with van der Waals surface area (Å²) in [6, 6.07) is -1.14. The van der Waals surface area contributed by atoms with Gasteiger partial charge in [0, 0.05) is 13.6 Å². The molecule has 0 aromatic heterocycles. The van der Waals surface area contributed by atoms with Gasteiger partial charge in [-0.3, -0.25) is 0 Å². The van der Waals surface area contributed by atoms with Gasteiger partial charge in [-0.25, -0.2) is 9.59 Å². The maximum Gasteiger partial charge on any atom is 0.326 e. The molecule has 5 heteroatoms. The lowest BCUT2D eigenvalue weighted by Gasteiger charge is -2.23. The summed E-state index contributed by atoms with van der Waals surface area (Å²) >= 11 is 0. The molecule has 100 valence electrons. The molecule has 2 N–H and O–H groups in total. The van der Waals surface area contributed by atoms with E-state index in [2.05, 4.69) is 5.32 Å². The summed E-state index contributed by atoms with van der Waals surface area (Å²) in [6.45, 7) is 8.48. The van der Waals surface area contributed by atoms with Crippen LogP contribution in [0.3, 0.4) is 0 Å². The number of urea groups is 1. The molecule has 5 nitrogen and oxygen atoms in total. The number of rotatable bonds is 6. The number of amides is 2. The van der Waals surface area contributed by atoms with Gasteiger partial charge < -0.3 is 15.3 Å². The first-order valence-electron chi connectivity index (χ1n) is 5.98. The first-order valence-corrected chi connectivity index (χ1v) is 5.98. The van der Waals surface area contributed by atoms with E-state index in [9.17, 15) is 9.59 Å². The van der Waals surface area contributed by atoms with E-state index in [0.29, 0.717) is 18.9 Å². The average molecular weight is 244 g/mol. The Morgan fingerprint density at radius 2 is 1.71 bits per heavy atom. The molecule has 0 aliphatic rings. The van der Waals surface area contributed by atoms with Crippen LogP contribution < -0.4 is 5.32 Å². The molecule has 1 atom stereocenters. The molecular formula is C12H24N2O3. The van der Waals surface area contributed by atoms with Crippen molar-refractivity contribution in [2.24, 2.45) is 11.8 Å². The number of nitrogens with zero attached hydrogens (tertiary/aromatic N) is 1. The highest BCUT2D eigenvalue weighted by atomic mass is 16.4. The van der Waals surface area contributed by atoms with Crippen LogP contribution >= 0.6 is 0 Å². The van der Waals surface area contributed by atoms with E-state index < -0.39 is 12.0 Å². The van der Waals surface area contributed by atoms with Crippen LogP contribution in [0.4, 0.5) is 4.79 Å². The molecule has 0 unspecified atom stereocenters. The summed E-state index contributed by atoms with van der Waals surface area (Å²) in [5.74, 6) is -0.393. The first-order chi connectivity index (χ1) is 7.73. The Hall–Kier alpha value is -1.26. The highest BCUT2D eigenvalue weighted by Crippen LogP contribution is 2.06. The predicted octanol–water partition coefficient (Wildman–Crippen LogP) is 1.78. The Morgan fingerprint density at radius 3 is 2.06 bits per heavy atom. The lowest BCUT2D eigenvalue weighted by molar-refractivity contribution is -0.139. The third-order valence-electron chi connectivity index (χ3n) is 2.29. The number of nitrogens with one attached hydrogen (secondary N) is 1. The minimum Gasteiger partial charge on any atom is -0.480 e. The number of carbonyl (C=O) groups excluding carboxylic acids is 1. The van der Waals surface area contributed by atoms with Crippen molar-refractivity contribution < 1.29 is 14.7 Å². The van der Waals surface area contributed by atoms with Crippen molar-refractivity contribution in [2.75, 3.05) is 13.6 Å². The van der Waals surface area contributed by atoms with E-state index in [1.165, 1.54) is 4.90 Å². The quantitative estimate of drug-likeness (QED) is 0.748. The van der Waals surface area contributed by atoms with E-state index in [-0.39, 0.29) is 11.9 Å². The summed E-state index contributed by atoms with van der Waals surface area (Å²) < 4.78 is 0. The number of carboxylic acids is 1. The van der Waals surface area contributed by atoms with Gasteiger partial charge in [0.2, 0.25) is 0 Å². The normalized spacial score (nSPS) is 12.6. The Bertz CT molecular complexity index is 264. The van der Waals surface area contributed by atoms with Gasteiger partial charge in [-0.1, -0.05) is 27.7 Å². The van der Waals surface area contributed by atoms with Crippen molar-refractivity contribution in [3.63, 3.8) is 0 Å². The van der Waals surface area contributed by atoms with E-state index >= 15 is 0 Å².